The number of H-pyrrole nitrogens is 1. The number of alkyl halides is 1. The monoisotopic (exact) mass is 494 g/mol. The quantitative estimate of drug-likeness (QED) is 0.281. The van der Waals surface area contributed by atoms with Crippen molar-refractivity contribution in [2.24, 2.45) is 0 Å². The van der Waals surface area contributed by atoms with Crippen molar-refractivity contribution in [3.8, 4) is 10.4 Å². The number of benzene rings is 1. The van der Waals surface area contributed by atoms with Gasteiger partial charge in [0.25, 0.3) is 5.91 Å². The molecule has 2 amide bonds. The van der Waals surface area contributed by atoms with Gasteiger partial charge >= 0.3 is 0 Å². The van der Waals surface area contributed by atoms with E-state index in [1.54, 1.807) is 30.5 Å². The van der Waals surface area contributed by atoms with E-state index in [1.807, 2.05) is 18.2 Å². The molecule has 0 bridgehead atoms. The molecule has 11 heteroatoms. The summed E-state index contributed by atoms with van der Waals surface area (Å²) >= 11 is 7.29. The molecule has 3 aromatic heterocycles. The Morgan fingerprint density at radius 3 is 2.47 bits per heavy atom. The third kappa shape index (κ3) is 5.03. The highest BCUT2D eigenvalue weighted by Gasteiger charge is 2.34. The molecule has 3 heterocycles. The van der Waals surface area contributed by atoms with Crippen LogP contribution in [0.25, 0.3) is 10.4 Å². The Bertz CT molecular complexity index is 1290. The number of nitrogens with zero attached hydrogens (tertiary/aromatic N) is 4. The summed E-state index contributed by atoms with van der Waals surface area (Å²) < 4.78 is 4.11. The number of ketones is 1. The lowest BCUT2D eigenvalue weighted by Gasteiger charge is -2.30. The van der Waals surface area contributed by atoms with Crippen molar-refractivity contribution in [2.75, 3.05) is 16.1 Å². The van der Waals surface area contributed by atoms with Crippen molar-refractivity contribution >= 4 is 52.2 Å². The summed E-state index contributed by atoms with van der Waals surface area (Å²) in [7, 11) is 0. The summed E-state index contributed by atoms with van der Waals surface area (Å²) in [5.74, 6) is -1.26. The molecule has 0 fully saturated rings. The molecule has 1 atom stereocenters. The van der Waals surface area contributed by atoms with Gasteiger partial charge in [0.15, 0.2) is 11.8 Å². The summed E-state index contributed by atoms with van der Waals surface area (Å²) in [4.78, 5) is 51.5. The van der Waals surface area contributed by atoms with Gasteiger partial charge in [0.05, 0.1) is 22.5 Å². The number of halogens is 1. The van der Waals surface area contributed by atoms with Gasteiger partial charge in [-0.3, -0.25) is 29.3 Å². The molecule has 0 saturated carbocycles. The van der Waals surface area contributed by atoms with Gasteiger partial charge in [-0.15, -0.1) is 11.6 Å². The summed E-state index contributed by atoms with van der Waals surface area (Å²) in [6, 6.07) is 11.0. The largest absolute Gasteiger partial charge is 0.339 e. The van der Waals surface area contributed by atoms with E-state index in [2.05, 4.69) is 24.6 Å². The van der Waals surface area contributed by atoms with Crippen molar-refractivity contribution in [1.29, 1.82) is 0 Å². The van der Waals surface area contributed by atoms with Crippen LogP contribution >= 0.6 is 23.1 Å². The smallest absolute Gasteiger partial charge is 0.254 e. The standard InChI is InChI=1S/C23H19ClN6O3S/c1-14(31)17-6-7-20(28-17)29-23(33)22(18-13-25-10-11-26-18)30(21(32)12-24)16-4-2-15(3-5-16)19-8-9-27-34-19/h2-11,13,22,28H,12H2,1H3,(H,29,33)/t22-/m1/s1. The average molecular weight is 495 g/mol. The first-order chi connectivity index (χ1) is 16.5. The zero-order valence-corrected chi connectivity index (χ0v) is 19.5. The number of aromatic nitrogens is 4. The Balaban J connectivity index is 1.72. The number of carbonyl (C=O) groups is 3. The number of amides is 2. The van der Waals surface area contributed by atoms with E-state index in [1.165, 1.54) is 41.9 Å². The van der Waals surface area contributed by atoms with E-state index in [0.29, 0.717) is 17.2 Å². The van der Waals surface area contributed by atoms with Crippen LogP contribution in [0.15, 0.2) is 67.3 Å². The molecule has 9 nitrogen and oxygen atoms in total. The maximum atomic E-state index is 13.5. The number of anilines is 2. The number of rotatable bonds is 8. The average Bonchev–Trinajstić information content (AvgIpc) is 3.55. The van der Waals surface area contributed by atoms with Crippen LogP contribution in [-0.4, -0.2) is 42.8 Å². The fourth-order valence-electron chi connectivity index (χ4n) is 3.36. The molecule has 0 saturated heterocycles. The molecule has 172 valence electrons. The van der Waals surface area contributed by atoms with Crippen molar-refractivity contribution < 1.29 is 14.4 Å². The summed E-state index contributed by atoms with van der Waals surface area (Å²) in [5.41, 5.74) is 1.98. The summed E-state index contributed by atoms with van der Waals surface area (Å²) in [5, 5.41) is 2.72. The lowest BCUT2D eigenvalue weighted by atomic mass is 10.1. The van der Waals surface area contributed by atoms with Gasteiger partial charge in [-0.1, -0.05) is 12.1 Å². The Labute approximate surface area is 204 Å². The zero-order valence-electron chi connectivity index (χ0n) is 17.9. The molecule has 0 spiro atoms. The summed E-state index contributed by atoms with van der Waals surface area (Å²) in [6.07, 6.45) is 6.04. The van der Waals surface area contributed by atoms with Gasteiger partial charge in [-0.05, 0) is 47.4 Å². The zero-order chi connectivity index (χ0) is 24.1. The number of hydrogen-bond acceptors (Lipinski definition) is 7. The van der Waals surface area contributed by atoms with Gasteiger partial charge in [0.2, 0.25) is 5.91 Å². The van der Waals surface area contributed by atoms with E-state index in [9.17, 15) is 14.4 Å². The second kappa shape index (κ2) is 10.4. The van der Waals surface area contributed by atoms with Crippen LogP contribution in [0.5, 0.6) is 0 Å². The Kier molecular flexibility index (Phi) is 7.09. The molecule has 1 aromatic carbocycles. The molecule has 0 unspecified atom stereocenters. The molecule has 0 aliphatic rings. The first kappa shape index (κ1) is 23.3. The predicted octanol–water partition coefficient (Wildman–Crippen LogP) is 4.08. The normalized spacial score (nSPS) is 11.6. The highest BCUT2D eigenvalue weighted by atomic mass is 35.5. The Morgan fingerprint density at radius 2 is 1.88 bits per heavy atom. The van der Waals surface area contributed by atoms with Crippen LogP contribution in [0, 0.1) is 0 Å². The third-order valence-corrected chi connectivity index (χ3v) is 5.97. The maximum Gasteiger partial charge on any atom is 0.254 e. The molecular weight excluding hydrogens is 476 g/mol. The van der Waals surface area contributed by atoms with Crippen molar-refractivity contribution in [3.05, 3.63) is 78.6 Å². The predicted molar refractivity (Wildman–Crippen MR) is 130 cm³/mol. The van der Waals surface area contributed by atoms with Crippen LogP contribution in [0.2, 0.25) is 0 Å². The molecule has 2 N–H and O–H groups in total. The minimum Gasteiger partial charge on any atom is -0.339 e. The molecule has 34 heavy (non-hydrogen) atoms. The first-order valence-electron chi connectivity index (χ1n) is 10.1. The first-order valence-corrected chi connectivity index (χ1v) is 11.4. The second-order valence-corrected chi connectivity index (χ2v) is 8.29. The van der Waals surface area contributed by atoms with Crippen LogP contribution in [-0.2, 0) is 9.59 Å². The molecule has 0 radical (unpaired) electrons. The number of hydrogen-bond donors (Lipinski definition) is 2. The maximum absolute atomic E-state index is 13.5. The van der Waals surface area contributed by atoms with Crippen molar-refractivity contribution in [1.82, 2.24) is 19.3 Å². The number of Topliss-reactive ketones (excluding diaryl/α,β-unsaturated/α-hetero) is 1. The lowest BCUT2D eigenvalue weighted by molar-refractivity contribution is -0.122. The molecule has 4 aromatic rings. The van der Waals surface area contributed by atoms with Gasteiger partial charge < -0.3 is 10.3 Å². The number of aromatic amines is 1. The van der Waals surface area contributed by atoms with E-state index in [-0.39, 0.29) is 17.4 Å². The van der Waals surface area contributed by atoms with Gasteiger partial charge in [-0.25, -0.2) is 4.37 Å². The minimum atomic E-state index is -1.17. The highest BCUT2D eigenvalue weighted by molar-refractivity contribution is 7.09. The van der Waals surface area contributed by atoms with Gasteiger partial charge in [0.1, 0.15) is 11.7 Å². The number of nitrogens with one attached hydrogen (secondary N) is 2. The van der Waals surface area contributed by atoms with E-state index in [0.717, 1.165) is 10.4 Å². The van der Waals surface area contributed by atoms with Crippen molar-refractivity contribution in [2.45, 2.75) is 13.0 Å². The highest BCUT2D eigenvalue weighted by Crippen LogP contribution is 2.31. The fraction of sp³-hybridized carbons (Fsp3) is 0.130. The van der Waals surface area contributed by atoms with Crippen LogP contribution < -0.4 is 10.2 Å². The third-order valence-electron chi connectivity index (χ3n) is 4.94. The Morgan fingerprint density at radius 1 is 1.09 bits per heavy atom. The molecule has 0 aliphatic carbocycles. The number of carbonyl (C=O) groups excluding carboxylic acids is 3. The lowest BCUT2D eigenvalue weighted by Crippen LogP contribution is -2.42. The SMILES string of the molecule is CC(=O)c1ccc(NC(=O)[C@@H](c2cnccn2)N(C(=O)CCl)c2ccc(-c3ccns3)cc2)[nH]1. The second-order valence-electron chi connectivity index (χ2n) is 7.18. The van der Waals surface area contributed by atoms with Crippen LogP contribution in [0.3, 0.4) is 0 Å². The van der Waals surface area contributed by atoms with E-state index >= 15 is 0 Å². The van der Waals surface area contributed by atoms with Gasteiger partial charge in [-0.2, -0.15) is 0 Å². The van der Waals surface area contributed by atoms with Crippen molar-refractivity contribution in [3.63, 3.8) is 0 Å². The van der Waals surface area contributed by atoms with E-state index in [4.69, 9.17) is 11.6 Å². The fourth-order valence-corrected chi connectivity index (χ4v) is 4.09. The Hall–Kier alpha value is -3.89. The van der Waals surface area contributed by atoms with Crippen LogP contribution in [0.4, 0.5) is 11.5 Å². The van der Waals surface area contributed by atoms with Gasteiger partial charge in [0, 0.05) is 31.2 Å². The molecular formula is C23H19ClN6O3S. The van der Waals surface area contributed by atoms with E-state index < -0.39 is 17.9 Å². The topological polar surface area (TPSA) is 121 Å². The molecule has 0 aliphatic heterocycles. The summed E-state index contributed by atoms with van der Waals surface area (Å²) in [6.45, 7) is 1.41. The minimum absolute atomic E-state index is 0.175. The van der Waals surface area contributed by atoms with Crippen LogP contribution in [0.1, 0.15) is 29.1 Å². The molecule has 4 rings (SSSR count).